The van der Waals surface area contributed by atoms with Crippen LogP contribution in [0.25, 0.3) is 0 Å². The zero-order valence-electron chi connectivity index (χ0n) is 14.3. The van der Waals surface area contributed by atoms with Gasteiger partial charge in [-0.05, 0) is 32.6 Å². The molecule has 6 nitrogen and oxygen atoms in total. The van der Waals surface area contributed by atoms with Gasteiger partial charge in [0, 0.05) is 6.42 Å². The largest absolute Gasteiger partial charge is 0.468 e. The van der Waals surface area contributed by atoms with Crippen LogP contribution in [0.15, 0.2) is 0 Å². The number of Topliss-reactive ketones (excluding diaryl/α,β-unsaturated/α-hetero) is 2. The zero-order chi connectivity index (χ0) is 17.6. The second-order valence-electron chi connectivity index (χ2n) is 7.04. The highest BCUT2D eigenvalue weighted by atomic mass is 16.6. The quantitative estimate of drug-likeness (QED) is 0.578. The summed E-state index contributed by atoms with van der Waals surface area (Å²) in [7, 11) is 1.23. The van der Waals surface area contributed by atoms with Gasteiger partial charge in [0.25, 0.3) is 0 Å². The van der Waals surface area contributed by atoms with E-state index in [0.29, 0.717) is 12.8 Å². The third kappa shape index (κ3) is 2.30. The number of hydrogen-bond acceptors (Lipinski definition) is 6. The number of ether oxygens (including phenoxy) is 2. The van der Waals surface area contributed by atoms with E-state index in [-0.39, 0.29) is 23.9 Å². The van der Waals surface area contributed by atoms with Gasteiger partial charge in [0.2, 0.25) is 0 Å². The minimum absolute atomic E-state index is 0.0255. The smallest absolute Gasteiger partial charge is 0.324 e. The first-order chi connectivity index (χ1) is 10.6. The molecule has 2 fully saturated rings. The average molecular weight is 324 g/mol. The SMILES string of the molecule is COC(=O)[C@@]1(C(C)C)CC2(OC1=O)[C@@H](C(C)=O)CC[C@@H]2C(C)=O. The fraction of sp³-hybridized carbons (Fsp3) is 0.765. The van der Waals surface area contributed by atoms with Gasteiger partial charge in [0.05, 0.1) is 18.9 Å². The fourth-order valence-corrected chi connectivity index (χ4v) is 4.37. The van der Waals surface area contributed by atoms with E-state index in [2.05, 4.69) is 0 Å². The van der Waals surface area contributed by atoms with Crippen LogP contribution in [0.5, 0.6) is 0 Å². The lowest BCUT2D eigenvalue weighted by atomic mass is 9.67. The maximum atomic E-state index is 12.7. The van der Waals surface area contributed by atoms with Gasteiger partial charge in [-0.3, -0.25) is 19.2 Å². The molecule has 0 N–H and O–H groups in total. The molecule has 0 unspecified atom stereocenters. The van der Waals surface area contributed by atoms with Crippen LogP contribution in [-0.4, -0.2) is 36.2 Å². The van der Waals surface area contributed by atoms with Crippen LogP contribution in [0.1, 0.15) is 47.0 Å². The number of carbonyl (C=O) groups is 4. The van der Waals surface area contributed by atoms with Gasteiger partial charge in [-0.2, -0.15) is 0 Å². The van der Waals surface area contributed by atoms with Gasteiger partial charge < -0.3 is 9.47 Å². The molecule has 0 aromatic rings. The van der Waals surface area contributed by atoms with Crippen molar-refractivity contribution in [2.24, 2.45) is 23.2 Å². The molecule has 1 aliphatic heterocycles. The lowest BCUT2D eigenvalue weighted by molar-refractivity contribution is -0.169. The van der Waals surface area contributed by atoms with Crippen LogP contribution in [0.3, 0.4) is 0 Å². The van der Waals surface area contributed by atoms with Crippen LogP contribution in [-0.2, 0) is 28.7 Å². The zero-order valence-corrected chi connectivity index (χ0v) is 14.3. The first kappa shape index (κ1) is 17.6. The molecule has 0 radical (unpaired) electrons. The highest BCUT2D eigenvalue weighted by Gasteiger charge is 2.70. The molecule has 3 atom stereocenters. The number of carbonyl (C=O) groups excluding carboxylic acids is 4. The summed E-state index contributed by atoms with van der Waals surface area (Å²) in [6.07, 6.45) is 1.00. The van der Waals surface area contributed by atoms with E-state index in [4.69, 9.17) is 9.47 Å². The van der Waals surface area contributed by atoms with Gasteiger partial charge in [-0.15, -0.1) is 0 Å². The normalized spacial score (nSPS) is 32.2. The molecule has 1 aliphatic carbocycles. The lowest BCUT2D eigenvalue weighted by Gasteiger charge is -2.34. The molecule has 1 heterocycles. The number of rotatable bonds is 4. The minimum Gasteiger partial charge on any atom is -0.468 e. The van der Waals surface area contributed by atoms with Crippen LogP contribution >= 0.6 is 0 Å². The van der Waals surface area contributed by atoms with Crippen molar-refractivity contribution < 1.29 is 28.7 Å². The molecular weight excluding hydrogens is 300 g/mol. The molecule has 1 saturated heterocycles. The third-order valence-electron chi connectivity index (χ3n) is 5.64. The van der Waals surface area contributed by atoms with Crippen molar-refractivity contribution in [3.8, 4) is 0 Å². The summed E-state index contributed by atoms with van der Waals surface area (Å²) in [5, 5.41) is 0. The molecule has 23 heavy (non-hydrogen) atoms. The molecule has 0 amide bonds. The summed E-state index contributed by atoms with van der Waals surface area (Å²) in [5.74, 6) is -3.04. The summed E-state index contributed by atoms with van der Waals surface area (Å²) in [6, 6.07) is 0. The Labute approximate surface area is 135 Å². The molecule has 0 bridgehead atoms. The van der Waals surface area contributed by atoms with Gasteiger partial charge in [0.15, 0.2) is 5.41 Å². The Morgan fingerprint density at radius 1 is 1.13 bits per heavy atom. The van der Waals surface area contributed by atoms with Crippen LogP contribution < -0.4 is 0 Å². The Morgan fingerprint density at radius 3 is 1.96 bits per heavy atom. The van der Waals surface area contributed by atoms with E-state index in [1.54, 1.807) is 13.8 Å². The van der Waals surface area contributed by atoms with E-state index in [1.807, 2.05) is 0 Å². The summed E-state index contributed by atoms with van der Waals surface area (Å²) in [5.41, 5.74) is -2.67. The van der Waals surface area contributed by atoms with Gasteiger partial charge >= 0.3 is 11.9 Å². The molecule has 1 saturated carbocycles. The topological polar surface area (TPSA) is 86.7 Å². The number of esters is 2. The minimum atomic E-state index is -1.46. The van der Waals surface area contributed by atoms with Crippen molar-refractivity contribution in [2.45, 2.75) is 52.6 Å². The Hall–Kier alpha value is -1.72. The van der Waals surface area contributed by atoms with E-state index in [1.165, 1.54) is 21.0 Å². The van der Waals surface area contributed by atoms with Gasteiger partial charge in [0.1, 0.15) is 17.2 Å². The van der Waals surface area contributed by atoms with E-state index in [9.17, 15) is 19.2 Å². The second kappa shape index (κ2) is 5.73. The summed E-state index contributed by atoms with van der Waals surface area (Å²) in [6.45, 7) is 6.38. The standard InChI is InChI=1S/C17H24O6/c1-9(2)16(14(20)22-5)8-17(23-15(16)21)12(10(3)18)6-7-13(17)11(4)19/h9,12-13H,6-8H2,1-5H3/t12-,13-,16+/m1/s1. The van der Waals surface area contributed by atoms with E-state index >= 15 is 0 Å². The predicted octanol–water partition coefficient (Wildman–Crippen LogP) is 1.69. The Bertz CT molecular complexity index is 541. The first-order valence-electron chi connectivity index (χ1n) is 7.96. The Kier molecular flexibility index (Phi) is 4.39. The van der Waals surface area contributed by atoms with Crippen molar-refractivity contribution in [1.29, 1.82) is 0 Å². The molecule has 2 aliphatic rings. The number of ketones is 2. The fourth-order valence-electron chi connectivity index (χ4n) is 4.37. The summed E-state index contributed by atoms with van der Waals surface area (Å²) < 4.78 is 10.5. The number of hydrogen-bond donors (Lipinski definition) is 0. The van der Waals surface area contributed by atoms with E-state index < -0.39 is 34.8 Å². The number of methoxy groups -OCH3 is 1. The van der Waals surface area contributed by atoms with Gasteiger partial charge in [-0.1, -0.05) is 13.8 Å². The maximum Gasteiger partial charge on any atom is 0.324 e. The monoisotopic (exact) mass is 324 g/mol. The van der Waals surface area contributed by atoms with Crippen molar-refractivity contribution in [3.63, 3.8) is 0 Å². The van der Waals surface area contributed by atoms with Crippen LogP contribution in [0.2, 0.25) is 0 Å². The van der Waals surface area contributed by atoms with Gasteiger partial charge in [-0.25, -0.2) is 0 Å². The van der Waals surface area contributed by atoms with Crippen LogP contribution in [0.4, 0.5) is 0 Å². The molecule has 1 spiro atoms. The van der Waals surface area contributed by atoms with Crippen molar-refractivity contribution in [3.05, 3.63) is 0 Å². The molecule has 2 rings (SSSR count). The molecule has 6 heteroatoms. The molecule has 0 aromatic carbocycles. The highest BCUT2D eigenvalue weighted by Crippen LogP contribution is 2.57. The Morgan fingerprint density at radius 2 is 1.61 bits per heavy atom. The second-order valence-corrected chi connectivity index (χ2v) is 7.04. The lowest BCUT2D eigenvalue weighted by Crippen LogP contribution is -2.47. The van der Waals surface area contributed by atoms with Crippen molar-refractivity contribution >= 4 is 23.5 Å². The van der Waals surface area contributed by atoms with Crippen LogP contribution in [0, 0.1) is 23.2 Å². The summed E-state index contributed by atoms with van der Waals surface area (Å²) in [4.78, 5) is 49.2. The third-order valence-corrected chi connectivity index (χ3v) is 5.64. The summed E-state index contributed by atoms with van der Waals surface area (Å²) >= 11 is 0. The van der Waals surface area contributed by atoms with E-state index in [0.717, 1.165) is 0 Å². The highest BCUT2D eigenvalue weighted by molar-refractivity contribution is 6.03. The predicted molar refractivity (Wildman–Crippen MR) is 80.3 cm³/mol. The van der Waals surface area contributed by atoms with Crippen molar-refractivity contribution in [1.82, 2.24) is 0 Å². The average Bonchev–Trinajstić information content (AvgIpc) is 2.97. The molecule has 128 valence electrons. The Balaban J connectivity index is 2.57. The first-order valence-corrected chi connectivity index (χ1v) is 7.96. The van der Waals surface area contributed by atoms with Crippen molar-refractivity contribution in [2.75, 3.05) is 7.11 Å². The maximum absolute atomic E-state index is 12.7. The molecule has 0 aromatic heterocycles. The molecular formula is C17H24O6.